The third-order valence-electron chi connectivity index (χ3n) is 9.27. The second kappa shape index (κ2) is 12.2. The van der Waals surface area contributed by atoms with E-state index < -0.39 is 11.2 Å². The molecule has 5 rings (SSSR count). The third kappa shape index (κ3) is 5.57. The summed E-state index contributed by atoms with van der Waals surface area (Å²) in [6.45, 7) is 10.4. The molecule has 2 aliphatic heterocycles. The van der Waals surface area contributed by atoms with Crippen molar-refractivity contribution in [3.05, 3.63) is 105 Å². The first-order valence-corrected chi connectivity index (χ1v) is 15.4. The van der Waals surface area contributed by atoms with Gasteiger partial charge in [0.2, 0.25) is 0 Å². The van der Waals surface area contributed by atoms with E-state index in [-0.39, 0.29) is 30.1 Å². The quantitative estimate of drug-likeness (QED) is 0.323. The van der Waals surface area contributed by atoms with Gasteiger partial charge in [0.05, 0.1) is 15.6 Å². The highest BCUT2D eigenvalue weighted by Crippen LogP contribution is 2.49. The average Bonchev–Trinajstić information content (AvgIpc) is 2.95. The summed E-state index contributed by atoms with van der Waals surface area (Å²) < 4.78 is 0. The molecule has 0 aliphatic carbocycles. The van der Waals surface area contributed by atoms with Gasteiger partial charge < -0.3 is 11.1 Å². The van der Waals surface area contributed by atoms with Crippen LogP contribution in [0.2, 0.25) is 10.0 Å². The average molecular weight is 608 g/mol. The van der Waals surface area contributed by atoms with Gasteiger partial charge in [0.25, 0.3) is 0 Å². The second-order valence-electron chi connectivity index (χ2n) is 12.1. The Morgan fingerprint density at radius 2 is 1.67 bits per heavy atom. The van der Waals surface area contributed by atoms with Gasteiger partial charge in [-0.15, -0.1) is 0 Å². The van der Waals surface area contributed by atoms with E-state index in [9.17, 15) is 4.79 Å². The van der Waals surface area contributed by atoms with Crippen molar-refractivity contribution >= 4 is 34.8 Å². The predicted molar refractivity (Wildman–Crippen MR) is 170 cm³/mol. The molecule has 8 heteroatoms. The highest BCUT2D eigenvalue weighted by molar-refractivity contribution is 6.42. The minimum absolute atomic E-state index is 0.00389. The number of nitrogens with one attached hydrogen (secondary N) is 1. The lowest BCUT2D eigenvalue weighted by atomic mass is 9.65. The maximum absolute atomic E-state index is 15.1. The molecule has 0 bridgehead atoms. The van der Waals surface area contributed by atoms with Gasteiger partial charge in [-0.05, 0) is 62.6 Å². The predicted octanol–water partition coefficient (Wildman–Crippen LogP) is 5.96. The summed E-state index contributed by atoms with van der Waals surface area (Å²) in [7, 11) is 0. The maximum Gasteiger partial charge on any atom is 0.183 e. The molecule has 2 aliphatic rings. The number of piperidine rings is 1. The lowest BCUT2D eigenvalue weighted by Crippen LogP contribution is -2.80. The molecular weight excluding hydrogens is 567 g/mol. The second-order valence-corrected chi connectivity index (χ2v) is 12.9. The Kier molecular flexibility index (Phi) is 8.96. The van der Waals surface area contributed by atoms with Crippen LogP contribution in [0.1, 0.15) is 58.9 Å². The van der Waals surface area contributed by atoms with Gasteiger partial charge in [0.15, 0.2) is 11.6 Å². The fourth-order valence-electron chi connectivity index (χ4n) is 7.26. The molecule has 3 aromatic rings. The zero-order valence-electron chi connectivity index (χ0n) is 24.8. The van der Waals surface area contributed by atoms with E-state index in [2.05, 4.69) is 35.3 Å². The van der Waals surface area contributed by atoms with E-state index in [4.69, 9.17) is 28.9 Å². The molecule has 0 aromatic heterocycles. The molecular formula is C34H40Cl2N4O2. The number of Topliss-reactive ketones (excluding diaryl/α,β-unsaturated/α-hetero) is 2. The lowest BCUT2D eigenvalue weighted by molar-refractivity contribution is -0.142. The summed E-state index contributed by atoms with van der Waals surface area (Å²) in [6, 6.07) is 21.9. The topological polar surface area (TPSA) is 78.7 Å². The molecule has 42 heavy (non-hydrogen) atoms. The number of likely N-dealkylation sites (tertiary alicyclic amines) is 1. The van der Waals surface area contributed by atoms with Gasteiger partial charge in [-0.2, -0.15) is 0 Å². The van der Waals surface area contributed by atoms with E-state index in [1.165, 1.54) is 12.5 Å². The lowest BCUT2D eigenvalue weighted by Gasteiger charge is -2.60. The Morgan fingerprint density at radius 3 is 2.31 bits per heavy atom. The van der Waals surface area contributed by atoms with Gasteiger partial charge in [0.1, 0.15) is 5.66 Å². The normalized spacial score (nSPS) is 27.1. The zero-order chi connectivity index (χ0) is 30.2. The first-order valence-electron chi connectivity index (χ1n) is 14.6. The Labute approximate surface area is 259 Å². The van der Waals surface area contributed by atoms with Gasteiger partial charge in [-0.3, -0.25) is 19.4 Å². The molecule has 0 spiro atoms. The van der Waals surface area contributed by atoms with Gasteiger partial charge in [-0.25, -0.2) is 0 Å². The first kappa shape index (κ1) is 30.9. The highest BCUT2D eigenvalue weighted by Gasteiger charge is 2.60. The molecule has 3 aromatic carbocycles. The molecule has 4 atom stereocenters. The van der Waals surface area contributed by atoms with Crippen LogP contribution in [0.25, 0.3) is 0 Å². The Hall–Kier alpha value is -2.58. The summed E-state index contributed by atoms with van der Waals surface area (Å²) in [4.78, 5) is 32.8. The number of ketones is 2. The van der Waals surface area contributed by atoms with Gasteiger partial charge in [0, 0.05) is 50.2 Å². The number of piperazine rings is 1. The van der Waals surface area contributed by atoms with Crippen molar-refractivity contribution in [2.75, 3.05) is 26.2 Å². The molecule has 2 fully saturated rings. The van der Waals surface area contributed by atoms with Crippen LogP contribution >= 0.6 is 23.2 Å². The maximum atomic E-state index is 15.1. The number of hydrogen-bond donors (Lipinski definition) is 2. The van der Waals surface area contributed by atoms with Crippen molar-refractivity contribution in [1.82, 2.24) is 15.1 Å². The minimum Gasteiger partial charge on any atom is -0.312 e. The first-order chi connectivity index (χ1) is 20.0. The number of nitrogens with two attached hydrogens (primary N) is 1. The van der Waals surface area contributed by atoms with Crippen LogP contribution < -0.4 is 11.1 Å². The van der Waals surface area contributed by atoms with Crippen molar-refractivity contribution in [2.45, 2.75) is 57.9 Å². The third-order valence-corrected chi connectivity index (χ3v) is 10.0. The smallest absolute Gasteiger partial charge is 0.183 e. The Morgan fingerprint density at radius 1 is 0.976 bits per heavy atom. The van der Waals surface area contributed by atoms with E-state index in [1.807, 2.05) is 67.3 Å². The number of halogens is 2. The number of rotatable bonds is 7. The van der Waals surface area contributed by atoms with E-state index >= 15 is 4.79 Å². The molecule has 4 unspecified atom stereocenters. The number of benzene rings is 3. The summed E-state index contributed by atoms with van der Waals surface area (Å²) in [5, 5.41) is 4.26. The van der Waals surface area contributed by atoms with Crippen molar-refractivity contribution in [3.63, 3.8) is 0 Å². The fraction of sp³-hybridized carbons (Fsp3) is 0.412. The number of nitrogens with zero attached hydrogens (tertiary/aromatic N) is 2. The van der Waals surface area contributed by atoms with Crippen LogP contribution in [0.3, 0.4) is 0 Å². The van der Waals surface area contributed by atoms with Gasteiger partial charge >= 0.3 is 0 Å². The number of carbonyl (C=O) groups is 2. The summed E-state index contributed by atoms with van der Waals surface area (Å²) in [5.41, 5.74) is 9.47. The summed E-state index contributed by atoms with van der Waals surface area (Å²) >= 11 is 13.0. The molecule has 0 saturated carbocycles. The molecule has 2 heterocycles. The summed E-state index contributed by atoms with van der Waals surface area (Å²) in [6.07, 6.45) is 0.525. The number of aryl methyl sites for hydroxylation is 2. The zero-order valence-corrected chi connectivity index (χ0v) is 26.3. The van der Waals surface area contributed by atoms with E-state index in [0.29, 0.717) is 48.2 Å². The van der Waals surface area contributed by atoms with E-state index in [1.54, 1.807) is 0 Å². The number of carbonyl (C=O) groups excluding carboxylic acids is 2. The standard InChI is InChI=1S/C34H40Cl2N4O2/c1-22-16-23(2)18-28(17-22)32(42)33(40-15-13-38-21-34(40,37)25(4)41)12-14-39(20-26-8-6-5-7-9-26)31(24(33)3)27-10-11-29(35)30(36)19-27/h5-11,16-19,24,31,38H,12-15,20-21,37H2,1-4H3. The van der Waals surface area contributed by atoms with Crippen LogP contribution in [0, 0.1) is 19.8 Å². The molecule has 6 nitrogen and oxygen atoms in total. The van der Waals surface area contributed by atoms with Gasteiger partial charge in [-0.1, -0.05) is 83.7 Å². The van der Waals surface area contributed by atoms with Crippen LogP contribution in [0.4, 0.5) is 0 Å². The Balaban J connectivity index is 1.71. The van der Waals surface area contributed by atoms with Crippen LogP contribution in [-0.2, 0) is 11.3 Å². The van der Waals surface area contributed by atoms with Crippen molar-refractivity contribution in [3.8, 4) is 0 Å². The molecule has 0 radical (unpaired) electrons. The SMILES string of the molecule is CC(=O)C1(N)CNCCN1C1(C(=O)c2cc(C)cc(C)c2)CCN(Cc2ccccc2)C(c2ccc(Cl)c(Cl)c2)C1C. The molecule has 0 amide bonds. The van der Waals surface area contributed by atoms with E-state index in [0.717, 1.165) is 16.7 Å². The molecule has 3 N–H and O–H groups in total. The monoisotopic (exact) mass is 606 g/mol. The number of hydrogen-bond acceptors (Lipinski definition) is 6. The van der Waals surface area contributed by atoms with Crippen LogP contribution in [-0.4, -0.2) is 58.7 Å². The van der Waals surface area contributed by atoms with Crippen LogP contribution in [0.5, 0.6) is 0 Å². The van der Waals surface area contributed by atoms with Crippen molar-refractivity contribution in [1.29, 1.82) is 0 Å². The highest BCUT2D eigenvalue weighted by atomic mass is 35.5. The Bertz CT molecular complexity index is 1460. The molecule has 222 valence electrons. The largest absolute Gasteiger partial charge is 0.312 e. The van der Waals surface area contributed by atoms with Crippen molar-refractivity contribution in [2.24, 2.45) is 11.7 Å². The fourth-order valence-corrected chi connectivity index (χ4v) is 7.57. The molecule has 2 saturated heterocycles. The van der Waals surface area contributed by atoms with Crippen LogP contribution in [0.15, 0.2) is 66.7 Å². The minimum atomic E-state index is -1.33. The van der Waals surface area contributed by atoms with Crippen molar-refractivity contribution < 1.29 is 9.59 Å². The summed E-state index contributed by atoms with van der Waals surface area (Å²) in [5.74, 6) is -0.419.